The first kappa shape index (κ1) is 10.6. The van der Waals surface area contributed by atoms with Crippen molar-refractivity contribution in [3.05, 3.63) is 0 Å². The summed E-state index contributed by atoms with van der Waals surface area (Å²) in [6.45, 7) is 2.06. The summed E-state index contributed by atoms with van der Waals surface area (Å²) >= 11 is 2.07. The molecule has 0 unspecified atom stereocenters. The molecule has 4 heteroatoms. The lowest BCUT2D eigenvalue weighted by atomic mass is 10.4. The molecule has 1 aliphatic rings. The molecular weight excluding hydrogens is 162 g/mol. The summed E-state index contributed by atoms with van der Waals surface area (Å²) < 4.78 is 4.18. The van der Waals surface area contributed by atoms with Crippen molar-refractivity contribution in [3.8, 4) is 0 Å². The number of rotatable bonds is 1. The van der Waals surface area contributed by atoms with Gasteiger partial charge in [-0.2, -0.15) is 11.8 Å². The zero-order valence-corrected chi connectivity index (χ0v) is 7.65. The van der Waals surface area contributed by atoms with E-state index >= 15 is 0 Å². The minimum Gasteiger partial charge on any atom is -0.450 e. The van der Waals surface area contributed by atoms with Crippen molar-refractivity contribution in [2.75, 3.05) is 18.1 Å². The molecule has 0 aromatic carbocycles. The SMILES string of the molecule is C1CCSC1.CCOC(N)=O. The van der Waals surface area contributed by atoms with E-state index in [2.05, 4.69) is 22.2 Å². The Labute approximate surface area is 71.7 Å². The normalized spacial score (nSPS) is 15.0. The van der Waals surface area contributed by atoms with Crippen LogP contribution in [0.5, 0.6) is 0 Å². The molecular formula is C7H15NO2S. The van der Waals surface area contributed by atoms with Crippen LogP contribution in [0.3, 0.4) is 0 Å². The van der Waals surface area contributed by atoms with E-state index in [1.54, 1.807) is 6.92 Å². The Hall–Kier alpha value is -0.380. The highest BCUT2D eigenvalue weighted by Crippen LogP contribution is 2.14. The van der Waals surface area contributed by atoms with Crippen molar-refractivity contribution in [2.45, 2.75) is 19.8 Å². The van der Waals surface area contributed by atoms with Crippen LogP contribution in [0.1, 0.15) is 19.8 Å². The summed E-state index contributed by atoms with van der Waals surface area (Å²) in [5.41, 5.74) is 4.54. The molecule has 1 saturated heterocycles. The highest BCUT2D eigenvalue weighted by molar-refractivity contribution is 7.99. The van der Waals surface area contributed by atoms with Crippen molar-refractivity contribution in [1.29, 1.82) is 0 Å². The van der Waals surface area contributed by atoms with Gasteiger partial charge in [0.25, 0.3) is 0 Å². The molecule has 1 aliphatic heterocycles. The van der Waals surface area contributed by atoms with E-state index < -0.39 is 6.09 Å². The van der Waals surface area contributed by atoms with Crippen LogP contribution < -0.4 is 5.73 Å². The van der Waals surface area contributed by atoms with Gasteiger partial charge in [0, 0.05) is 0 Å². The summed E-state index contributed by atoms with van der Waals surface area (Å²) in [7, 11) is 0. The zero-order chi connectivity index (χ0) is 8.53. The summed E-state index contributed by atoms with van der Waals surface area (Å²) in [4.78, 5) is 9.60. The highest BCUT2D eigenvalue weighted by atomic mass is 32.2. The molecule has 2 N–H and O–H groups in total. The smallest absolute Gasteiger partial charge is 0.404 e. The number of hydrogen-bond donors (Lipinski definition) is 1. The van der Waals surface area contributed by atoms with Crippen LogP contribution in [-0.4, -0.2) is 24.2 Å². The molecule has 0 atom stereocenters. The van der Waals surface area contributed by atoms with E-state index in [1.807, 2.05) is 0 Å². The average molecular weight is 177 g/mol. The summed E-state index contributed by atoms with van der Waals surface area (Å²) in [6.07, 6.45) is 2.22. The highest BCUT2D eigenvalue weighted by Gasteiger charge is 1.95. The van der Waals surface area contributed by atoms with Gasteiger partial charge in [0.1, 0.15) is 0 Å². The van der Waals surface area contributed by atoms with Crippen molar-refractivity contribution in [2.24, 2.45) is 5.73 Å². The average Bonchev–Trinajstić information content (AvgIpc) is 2.41. The van der Waals surface area contributed by atoms with E-state index in [9.17, 15) is 4.79 Å². The fourth-order valence-electron chi connectivity index (χ4n) is 0.653. The molecule has 0 spiro atoms. The second kappa shape index (κ2) is 7.72. The fourth-order valence-corrected chi connectivity index (χ4v) is 1.67. The summed E-state index contributed by atoms with van der Waals surface area (Å²) in [5, 5.41) is 0. The quantitative estimate of drug-likeness (QED) is 0.662. The van der Waals surface area contributed by atoms with Crippen LogP contribution in [0, 0.1) is 0 Å². The molecule has 0 radical (unpaired) electrons. The second-order valence-corrected chi connectivity index (χ2v) is 3.30. The van der Waals surface area contributed by atoms with Gasteiger partial charge in [0.2, 0.25) is 0 Å². The lowest BCUT2D eigenvalue weighted by Gasteiger charge is -1.89. The summed E-state index contributed by atoms with van der Waals surface area (Å²) in [5.74, 6) is 2.83. The number of carbonyl (C=O) groups excluding carboxylic acids is 1. The Balaban J connectivity index is 0.000000183. The van der Waals surface area contributed by atoms with Gasteiger partial charge in [0.05, 0.1) is 6.61 Å². The van der Waals surface area contributed by atoms with Gasteiger partial charge < -0.3 is 10.5 Å². The van der Waals surface area contributed by atoms with E-state index in [-0.39, 0.29) is 0 Å². The number of thioether (sulfide) groups is 1. The minimum atomic E-state index is -0.711. The van der Waals surface area contributed by atoms with Crippen LogP contribution in [0.2, 0.25) is 0 Å². The van der Waals surface area contributed by atoms with Crippen molar-refractivity contribution < 1.29 is 9.53 Å². The third-order valence-corrected chi connectivity index (χ3v) is 2.27. The molecule has 0 saturated carbocycles. The Bertz CT molecular complexity index is 97.0. The van der Waals surface area contributed by atoms with Crippen LogP contribution >= 0.6 is 11.8 Å². The third-order valence-electron chi connectivity index (χ3n) is 1.11. The molecule has 3 nitrogen and oxygen atoms in total. The molecule has 11 heavy (non-hydrogen) atoms. The van der Waals surface area contributed by atoms with Gasteiger partial charge in [-0.05, 0) is 31.3 Å². The topological polar surface area (TPSA) is 52.3 Å². The molecule has 0 aromatic heterocycles. The number of ether oxygens (including phenoxy) is 1. The van der Waals surface area contributed by atoms with E-state index in [0.29, 0.717) is 6.61 Å². The molecule has 1 amide bonds. The largest absolute Gasteiger partial charge is 0.450 e. The van der Waals surface area contributed by atoms with Crippen LogP contribution in [-0.2, 0) is 4.74 Å². The Morgan fingerprint density at radius 1 is 1.55 bits per heavy atom. The minimum absolute atomic E-state index is 0.356. The standard InChI is InChI=1S/C4H8S.C3H7NO2/c1-2-4-5-3-1;1-2-6-3(4)5/h1-4H2;2H2,1H3,(H2,4,5). The maximum Gasteiger partial charge on any atom is 0.404 e. The van der Waals surface area contributed by atoms with E-state index in [4.69, 9.17) is 0 Å². The van der Waals surface area contributed by atoms with Crippen LogP contribution in [0.4, 0.5) is 4.79 Å². The second-order valence-electron chi connectivity index (χ2n) is 2.07. The maximum absolute atomic E-state index is 9.60. The number of amides is 1. The van der Waals surface area contributed by atoms with Crippen molar-refractivity contribution in [3.63, 3.8) is 0 Å². The summed E-state index contributed by atoms with van der Waals surface area (Å²) in [6, 6.07) is 0. The van der Waals surface area contributed by atoms with Gasteiger partial charge in [0.15, 0.2) is 0 Å². The van der Waals surface area contributed by atoms with Gasteiger partial charge in [-0.3, -0.25) is 0 Å². The molecule has 0 aliphatic carbocycles. The fraction of sp³-hybridized carbons (Fsp3) is 0.857. The molecule has 1 heterocycles. The Morgan fingerprint density at radius 3 is 2.18 bits per heavy atom. The predicted octanol–water partition coefficient (Wildman–Crippen LogP) is 1.61. The number of hydrogen-bond acceptors (Lipinski definition) is 3. The first-order valence-electron chi connectivity index (χ1n) is 3.77. The molecule has 0 bridgehead atoms. The predicted molar refractivity (Wildman–Crippen MR) is 47.8 cm³/mol. The van der Waals surface area contributed by atoms with Gasteiger partial charge in [-0.25, -0.2) is 4.79 Å². The first-order chi connectivity index (χ1) is 5.27. The maximum atomic E-state index is 9.60. The van der Waals surface area contributed by atoms with E-state index in [0.717, 1.165) is 0 Å². The molecule has 1 fully saturated rings. The zero-order valence-electron chi connectivity index (χ0n) is 6.84. The lowest BCUT2D eigenvalue weighted by Crippen LogP contribution is -2.11. The van der Waals surface area contributed by atoms with Gasteiger partial charge >= 0.3 is 6.09 Å². The number of nitrogens with two attached hydrogens (primary N) is 1. The van der Waals surface area contributed by atoms with Gasteiger partial charge in [-0.15, -0.1) is 0 Å². The van der Waals surface area contributed by atoms with Gasteiger partial charge in [-0.1, -0.05) is 0 Å². The number of carbonyl (C=O) groups is 1. The monoisotopic (exact) mass is 177 g/mol. The van der Waals surface area contributed by atoms with E-state index in [1.165, 1.54) is 24.3 Å². The molecule has 66 valence electrons. The van der Waals surface area contributed by atoms with Crippen LogP contribution in [0.25, 0.3) is 0 Å². The number of primary amides is 1. The molecule has 0 aromatic rings. The lowest BCUT2D eigenvalue weighted by molar-refractivity contribution is 0.163. The first-order valence-corrected chi connectivity index (χ1v) is 4.92. The van der Waals surface area contributed by atoms with Crippen LogP contribution in [0.15, 0.2) is 0 Å². The van der Waals surface area contributed by atoms with Crippen molar-refractivity contribution >= 4 is 17.9 Å². The Morgan fingerprint density at radius 2 is 2.09 bits per heavy atom. The Kier molecular flexibility index (Phi) is 7.46. The third kappa shape index (κ3) is 9.62. The molecule has 1 rings (SSSR count). The van der Waals surface area contributed by atoms with Crippen molar-refractivity contribution in [1.82, 2.24) is 0 Å².